The van der Waals surface area contributed by atoms with Crippen molar-refractivity contribution in [2.24, 2.45) is 0 Å². The molecule has 0 aromatic carbocycles. The summed E-state index contributed by atoms with van der Waals surface area (Å²) < 4.78 is 7.68. The van der Waals surface area contributed by atoms with Gasteiger partial charge in [0.1, 0.15) is 5.56 Å². The molecule has 2 heterocycles. The fourth-order valence-corrected chi connectivity index (χ4v) is 3.67. The molecular weight excluding hydrogens is 328 g/mol. The van der Waals surface area contributed by atoms with Gasteiger partial charge in [-0.2, -0.15) is 5.10 Å². The average Bonchev–Trinajstić information content (AvgIpc) is 3.04. The predicted octanol–water partition coefficient (Wildman–Crippen LogP) is 3.59. The van der Waals surface area contributed by atoms with Crippen LogP contribution < -0.4 is 5.32 Å². The molecular formula is C20H30N4O2. The maximum atomic E-state index is 12.7. The Hall–Kier alpha value is -1.95. The maximum absolute atomic E-state index is 12.7. The SMILES string of the molecule is CCCCCOC1CCC(NC(=O)c2cnn3c(C)cc(C)nc23)CC1. The first-order chi connectivity index (χ1) is 12.6. The van der Waals surface area contributed by atoms with Gasteiger partial charge in [-0.1, -0.05) is 19.8 Å². The molecule has 0 aliphatic heterocycles. The summed E-state index contributed by atoms with van der Waals surface area (Å²) >= 11 is 0. The fraction of sp³-hybridized carbons (Fsp3) is 0.650. The van der Waals surface area contributed by atoms with Gasteiger partial charge in [-0.15, -0.1) is 0 Å². The number of unbranched alkanes of at least 4 members (excludes halogenated alkanes) is 2. The monoisotopic (exact) mass is 358 g/mol. The summed E-state index contributed by atoms with van der Waals surface area (Å²) in [5.41, 5.74) is 3.06. The van der Waals surface area contributed by atoms with Crippen LogP contribution in [0.25, 0.3) is 5.65 Å². The highest BCUT2D eigenvalue weighted by atomic mass is 16.5. The molecule has 0 spiro atoms. The summed E-state index contributed by atoms with van der Waals surface area (Å²) in [5.74, 6) is -0.0789. The Morgan fingerprint density at radius 3 is 2.77 bits per heavy atom. The van der Waals surface area contributed by atoms with E-state index in [0.29, 0.717) is 17.3 Å². The van der Waals surface area contributed by atoms with Gasteiger partial charge < -0.3 is 10.1 Å². The molecule has 142 valence electrons. The van der Waals surface area contributed by atoms with E-state index >= 15 is 0 Å². The van der Waals surface area contributed by atoms with Gasteiger partial charge in [0.25, 0.3) is 5.91 Å². The van der Waals surface area contributed by atoms with Crippen LogP contribution in [-0.2, 0) is 4.74 Å². The van der Waals surface area contributed by atoms with Crippen molar-refractivity contribution in [3.05, 3.63) is 29.2 Å². The highest BCUT2D eigenvalue weighted by Gasteiger charge is 2.24. The lowest BCUT2D eigenvalue weighted by atomic mass is 9.92. The number of rotatable bonds is 7. The number of nitrogens with zero attached hydrogens (tertiary/aromatic N) is 3. The molecule has 0 unspecified atom stereocenters. The van der Waals surface area contributed by atoms with Crippen LogP contribution in [0.2, 0.25) is 0 Å². The number of hydrogen-bond donors (Lipinski definition) is 1. The number of fused-ring (bicyclic) bond motifs is 1. The minimum absolute atomic E-state index is 0.0789. The smallest absolute Gasteiger partial charge is 0.256 e. The zero-order valence-electron chi connectivity index (χ0n) is 16.1. The normalized spacial score (nSPS) is 20.4. The fourth-order valence-electron chi connectivity index (χ4n) is 3.67. The molecule has 2 aromatic rings. The highest BCUT2D eigenvalue weighted by Crippen LogP contribution is 2.22. The minimum Gasteiger partial charge on any atom is -0.378 e. The number of aromatic nitrogens is 3. The van der Waals surface area contributed by atoms with Crippen LogP contribution in [0.3, 0.4) is 0 Å². The van der Waals surface area contributed by atoms with Gasteiger partial charge in [-0.25, -0.2) is 9.50 Å². The van der Waals surface area contributed by atoms with Crippen molar-refractivity contribution in [1.29, 1.82) is 0 Å². The quantitative estimate of drug-likeness (QED) is 0.768. The summed E-state index contributed by atoms with van der Waals surface area (Å²) in [4.78, 5) is 17.2. The molecule has 2 aromatic heterocycles. The Morgan fingerprint density at radius 2 is 2.04 bits per heavy atom. The second-order valence-electron chi connectivity index (χ2n) is 7.36. The van der Waals surface area contributed by atoms with Gasteiger partial charge in [0.2, 0.25) is 0 Å². The van der Waals surface area contributed by atoms with Gasteiger partial charge in [0, 0.05) is 24.0 Å². The predicted molar refractivity (Wildman–Crippen MR) is 101 cm³/mol. The lowest BCUT2D eigenvalue weighted by molar-refractivity contribution is 0.0205. The molecule has 6 nitrogen and oxygen atoms in total. The number of hydrogen-bond acceptors (Lipinski definition) is 4. The first-order valence-corrected chi connectivity index (χ1v) is 9.83. The first-order valence-electron chi connectivity index (χ1n) is 9.83. The maximum Gasteiger partial charge on any atom is 0.256 e. The Morgan fingerprint density at radius 1 is 1.27 bits per heavy atom. The van der Waals surface area contributed by atoms with E-state index < -0.39 is 0 Å². The lowest BCUT2D eigenvalue weighted by Gasteiger charge is -2.29. The Balaban J connectivity index is 1.53. The first kappa shape index (κ1) is 18.8. The van der Waals surface area contributed by atoms with Crippen molar-refractivity contribution in [3.63, 3.8) is 0 Å². The van der Waals surface area contributed by atoms with Crippen molar-refractivity contribution in [1.82, 2.24) is 19.9 Å². The van der Waals surface area contributed by atoms with Gasteiger partial charge >= 0.3 is 0 Å². The summed E-state index contributed by atoms with van der Waals surface area (Å²) in [6, 6.07) is 2.17. The zero-order chi connectivity index (χ0) is 18.5. The van der Waals surface area contributed by atoms with Crippen molar-refractivity contribution in [2.75, 3.05) is 6.61 Å². The van der Waals surface area contributed by atoms with E-state index in [0.717, 1.165) is 50.1 Å². The van der Waals surface area contributed by atoms with Crippen LogP contribution in [0, 0.1) is 13.8 Å². The second-order valence-corrected chi connectivity index (χ2v) is 7.36. The average molecular weight is 358 g/mol. The number of ether oxygens (including phenoxy) is 1. The van der Waals surface area contributed by atoms with Crippen LogP contribution >= 0.6 is 0 Å². The van der Waals surface area contributed by atoms with E-state index in [1.54, 1.807) is 10.7 Å². The van der Waals surface area contributed by atoms with E-state index in [1.165, 1.54) is 12.8 Å². The molecule has 1 fully saturated rings. The summed E-state index contributed by atoms with van der Waals surface area (Å²) in [7, 11) is 0. The molecule has 0 atom stereocenters. The van der Waals surface area contributed by atoms with E-state index in [2.05, 4.69) is 22.3 Å². The number of nitrogens with one attached hydrogen (secondary N) is 1. The van der Waals surface area contributed by atoms with Crippen molar-refractivity contribution in [2.45, 2.75) is 77.9 Å². The third kappa shape index (κ3) is 4.41. The summed E-state index contributed by atoms with van der Waals surface area (Å²) in [6.07, 6.45) is 9.54. The largest absolute Gasteiger partial charge is 0.378 e. The Bertz CT molecular complexity index is 748. The summed E-state index contributed by atoms with van der Waals surface area (Å²) in [6.45, 7) is 6.97. The van der Waals surface area contributed by atoms with Crippen LogP contribution in [0.4, 0.5) is 0 Å². The molecule has 0 radical (unpaired) electrons. The third-order valence-corrected chi connectivity index (χ3v) is 5.13. The lowest BCUT2D eigenvalue weighted by Crippen LogP contribution is -2.39. The second kappa shape index (κ2) is 8.62. The molecule has 0 saturated heterocycles. The van der Waals surface area contributed by atoms with Crippen molar-refractivity contribution in [3.8, 4) is 0 Å². The van der Waals surface area contributed by atoms with Gasteiger partial charge in [-0.05, 0) is 52.0 Å². The molecule has 1 amide bonds. The molecule has 1 N–H and O–H groups in total. The molecule has 1 saturated carbocycles. The summed E-state index contributed by atoms with van der Waals surface area (Å²) in [5, 5.41) is 7.47. The van der Waals surface area contributed by atoms with Crippen LogP contribution in [-0.4, -0.2) is 39.3 Å². The molecule has 1 aliphatic rings. The molecule has 26 heavy (non-hydrogen) atoms. The van der Waals surface area contributed by atoms with Crippen molar-refractivity contribution >= 4 is 11.6 Å². The van der Waals surface area contributed by atoms with Gasteiger partial charge in [-0.3, -0.25) is 4.79 Å². The molecule has 1 aliphatic carbocycles. The minimum atomic E-state index is -0.0789. The standard InChI is InChI=1S/C20H30N4O2/c1-4-5-6-11-26-17-9-7-16(8-10-17)23-20(25)18-13-21-24-15(3)12-14(2)22-19(18)24/h12-13,16-17H,4-11H2,1-3H3,(H,23,25). The molecule has 3 rings (SSSR count). The van der Waals surface area contributed by atoms with Crippen LogP contribution in [0.5, 0.6) is 0 Å². The van der Waals surface area contributed by atoms with Crippen LogP contribution in [0.15, 0.2) is 12.3 Å². The van der Waals surface area contributed by atoms with Crippen LogP contribution in [0.1, 0.15) is 73.6 Å². The van der Waals surface area contributed by atoms with E-state index in [-0.39, 0.29) is 11.9 Å². The molecule has 6 heteroatoms. The zero-order valence-corrected chi connectivity index (χ0v) is 16.1. The highest BCUT2D eigenvalue weighted by molar-refractivity contribution is 5.99. The number of aryl methyl sites for hydroxylation is 2. The number of carbonyl (C=O) groups excluding carboxylic acids is 1. The Labute approximate surface area is 155 Å². The van der Waals surface area contributed by atoms with Gasteiger partial charge in [0.15, 0.2) is 5.65 Å². The van der Waals surface area contributed by atoms with E-state index in [4.69, 9.17) is 4.74 Å². The Kier molecular flexibility index (Phi) is 6.25. The topological polar surface area (TPSA) is 68.5 Å². The number of carbonyl (C=O) groups is 1. The van der Waals surface area contributed by atoms with E-state index in [1.807, 2.05) is 19.9 Å². The van der Waals surface area contributed by atoms with E-state index in [9.17, 15) is 4.79 Å². The van der Waals surface area contributed by atoms with Gasteiger partial charge in [0.05, 0.1) is 12.3 Å². The van der Waals surface area contributed by atoms with Crippen molar-refractivity contribution < 1.29 is 9.53 Å². The number of amides is 1. The molecule has 0 bridgehead atoms. The third-order valence-electron chi connectivity index (χ3n) is 5.13.